The summed E-state index contributed by atoms with van der Waals surface area (Å²) < 4.78 is 0. The average Bonchev–Trinajstić information content (AvgIpc) is 2.81. The second-order valence-corrected chi connectivity index (χ2v) is 5.31. The maximum Gasteiger partial charge on any atom is 0.257 e. The van der Waals surface area contributed by atoms with E-state index in [4.69, 9.17) is 0 Å². The molecule has 2 N–H and O–H groups in total. The highest BCUT2D eigenvalue weighted by Crippen LogP contribution is 2.21. The van der Waals surface area contributed by atoms with Crippen LogP contribution in [0.5, 0.6) is 0 Å². The van der Waals surface area contributed by atoms with Crippen molar-refractivity contribution < 1.29 is 9.90 Å². The molecule has 0 radical (unpaired) electrons. The normalized spacial score (nSPS) is 12.2. The second kappa shape index (κ2) is 5.50. The minimum atomic E-state index is -0.623. The van der Waals surface area contributed by atoms with Crippen LogP contribution in [0, 0.1) is 13.8 Å². The van der Waals surface area contributed by atoms with Crippen molar-refractivity contribution >= 4 is 22.4 Å². The number of hydrogen-bond donors (Lipinski definition) is 2. The molecule has 0 spiro atoms. The number of nitrogens with one attached hydrogen (secondary N) is 1. The van der Waals surface area contributed by atoms with Gasteiger partial charge in [0, 0.05) is 10.9 Å². The van der Waals surface area contributed by atoms with E-state index in [0.717, 1.165) is 11.1 Å². The quantitative estimate of drug-likeness (QED) is 0.905. The summed E-state index contributed by atoms with van der Waals surface area (Å²) in [5.74, 6) is -0.173. The molecule has 1 amide bonds. The van der Waals surface area contributed by atoms with Gasteiger partial charge in [-0.05, 0) is 38.0 Å². The molecule has 0 aliphatic rings. The van der Waals surface area contributed by atoms with Gasteiger partial charge in [-0.15, -0.1) is 11.3 Å². The van der Waals surface area contributed by atoms with Crippen LogP contribution in [0.25, 0.3) is 0 Å². The van der Waals surface area contributed by atoms with Gasteiger partial charge in [-0.1, -0.05) is 12.1 Å². The van der Waals surface area contributed by atoms with Crippen LogP contribution < -0.4 is 5.32 Å². The van der Waals surface area contributed by atoms with Gasteiger partial charge in [0.2, 0.25) is 0 Å². The summed E-state index contributed by atoms with van der Waals surface area (Å²) in [4.78, 5) is 16.3. The van der Waals surface area contributed by atoms with E-state index < -0.39 is 6.10 Å². The molecule has 0 bridgehead atoms. The molecular formula is C14H16N2O2S. The van der Waals surface area contributed by atoms with Crippen LogP contribution in [-0.2, 0) is 0 Å². The smallest absolute Gasteiger partial charge is 0.257 e. The number of aryl methyl sites for hydroxylation is 1. The molecule has 1 aromatic carbocycles. The summed E-state index contributed by atoms with van der Waals surface area (Å²) in [6.45, 7) is 5.54. The first-order chi connectivity index (χ1) is 8.99. The maximum absolute atomic E-state index is 12.2. The van der Waals surface area contributed by atoms with Crippen molar-refractivity contribution in [2.45, 2.75) is 26.9 Å². The zero-order valence-electron chi connectivity index (χ0n) is 11.1. The lowest BCUT2D eigenvalue weighted by Gasteiger charge is -2.07. The average molecular weight is 276 g/mol. The number of carbonyl (C=O) groups excluding carboxylic acids is 1. The lowest BCUT2D eigenvalue weighted by atomic mass is 10.0. The Morgan fingerprint density at radius 3 is 2.79 bits per heavy atom. The van der Waals surface area contributed by atoms with E-state index in [1.807, 2.05) is 26.0 Å². The fourth-order valence-corrected chi connectivity index (χ4v) is 2.49. The highest BCUT2D eigenvalue weighted by Gasteiger charge is 2.13. The van der Waals surface area contributed by atoms with Gasteiger partial charge >= 0.3 is 0 Å². The van der Waals surface area contributed by atoms with Crippen LogP contribution >= 0.6 is 11.3 Å². The van der Waals surface area contributed by atoms with Gasteiger partial charge in [0.05, 0.1) is 11.8 Å². The molecule has 19 heavy (non-hydrogen) atoms. The Hall–Kier alpha value is -1.72. The molecule has 1 heterocycles. The summed E-state index contributed by atoms with van der Waals surface area (Å²) in [5.41, 5.74) is 3.26. The van der Waals surface area contributed by atoms with Gasteiger partial charge in [0.1, 0.15) is 0 Å². The van der Waals surface area contributed by atoms with E-state index in [-0.39, 0.29) is 5.91 Å². The third kappa shape index (κ3) is 3.00. The minimum absolute atomic E-state index is 0.173. The van der Waals surface area contributed by atoms with Crippen LogP contribution in [0.1, 0.15) is 40.2 Å². The fourth-order valence-electron chi connectivity index (χ4n) is 1.70. The highest BCUT2D eigenvalue weighted by molar-refractivity contribution is 7.14. The van der Waals surface area contributed by atoms with Crippen molar-refractivity contribution in [2.75, 3.05) is 5.32 Å². The zero-order valence-corrected chi connectivity index (χ0v) is 11.9. The monoisotopic (exact) mass is 276 g/mol. The summed E-state index contributed by atoms with van der Waals surface area (Å²) in [6.07, 6.45) is -0.623. The van der Waals surface area contributed by atoms with E-state index in [9.17, 15) is 9.90 Å². The molecule has 1 atom stereocenters. The van der Waals surface area contributed by atoms with Crippen molar-refractivity contribution in [1.82, 2.24) is 4.98 Å². The first-order valence-electron chi connectivity index (χ1n) is 6.00. The molecule has 0 saturated carbocycles. The number of hydrogen-bond acceptors (Lipinski definition) is 4. The Morgan fingerprint density at radius 2 is 2.16 bits per heavy atom. The first kappa shape index (κ1) is 13.7. The molecule has 1 aromatic heterocycles. The van der Waals surface area contributed by atoms with Crippen LogP contribution in [-0.4, -0.2) is 16.0 Å². The maximum atomic E-state index is 12.2. The van der Waals surface area contributed by atoms with Crippen molar-refractivity contribution in [2.24, 2.45) is 0 Å². The van der Waals surface area contributed by atoms with Crippen LogP contribution in [0.15, 0.2) is 23.6 Å². The molecule has 100 valence electrons. The Morgan fingerprint density at radius 1 is 1.42 bits per heavy atom. The van der Waals surface area contributed by atoms with E-state index >= 15 is 0 Å². The number of aromatic nitrogens is 1. The number of aliphatic hydroxyl groups excluding tert-OH is 1. The third-order valence-electron chi connectivity index (χ3n) is 3.02. The van der Waals surface area contributed by atoms with Gasteiger partial charge < -0.3 is 5.11 Å². The Labute approximate surface area is 116 Å². The third-order valence-corrected chi connectivity index (χ3v) is 3.80. The van der Waals surface area contributed by atoms with Crippen molar-refractivity contribution in [3.8, 4) is 0 Å². The Bertz CT molecular complexity index is 605. The van der Waals surface area contributed by atoms with Gasteiger partial charge in [0.25, 0.3) is 5.91 Å². The molecule has 0 fully saturated rings. The van der Waals surface area contributed by atoms with Gasteiger partial charge in [0.15, 0.2) is 5.13 Å². The number of rotatable bonds is 3. The predicted octanol–water partition coefficient (Wildman–Crippen LogP) is 3.07. The van der Waals surface area contributed by atoms with E-state index in [1.165, 1.54) is 11.3 Å². The summed E-state index contributed by atoms with van der Waals surface area (Å²) in [5, 5.41) is 14.4. The largest absolute Gasteiger partial charge is 0.387 e. The number of benzene rings is 1. The highest BCUT2D eigenvalue weighted by atomic mass is 32.1. The zero-order chi connectivity index (χ0) is 14.0. The summed E-state index contributed by atoms with van der Waals surface area (Å²) in [7, 11) is 0. The van der Waals surface area contributed by atoms with Crippen LogP contribution in [0.4, 0.5) is 5.13 Å². The number of amides is 1. The van der Waals surface area contributed by atoms with Crippen molar-refractivity contribution in [1.29, 1.82) is 0 Å². The number of thiazole rings is 1. The van der Waals surface area contributed by atoms with Gasteiger partial charge in [-0.2, -0.15) is 0 Å². The molecule has 2 aromatic rings. The summed E-state index contributed by atoms with van der Waals surface area (Å²) in [6, 6.07) is 5.63. The first-order valence-corrected chi connectivity index (χ1v) is 6.88. The number of nitrogens with zero attached hydrogens (tertiary/aromatic N) is 1. The Kier molecular flexibility index (Phi) is 3.97. The minimum Gasteiger partial charge on any atom is -0.387 e. The van der Waals surface area contributed by atoms with Gasteiger partial charge in [-0.25, -0.2) is 4.98 Å². The molecule has 1 unspecified atom stereocenters. The molecule has 2 rings (SSSR count). The van der Waals surface area contributed by atoms with E-state index in [2.05, 4.69) is 10.3 Å². The SMILES string of the molecule is Cc1cccc(C(=O)Nc2nc(C(C)O)cs2)c1C. The van der Waals surface area contributed by atoms with E-state index in [1.54, 1.807) is 18.4 Å². The lowest BCUT2D eigenvalue weighted by molar-refractivity contribution is 0.102. The molecule has 5 heteroatoms. The van der Waals surface area contributed by atoms with Crippen molar-refractivity contribution in [3.63, 3.8) is 0 Å². The number of aliphatic hydroxyl groups is 1. The molecule has 0 aliphatic heterocycles. The van der Waals surface area contributed by atoms with Crippen molar-refractivity contribution in [3.05, 3.63) is 46.0 Å². The standard InChI is InChI=1S/C14H16N2O2S/c1-8-5-4-6-11(9(8)2)13(18)16-14-15-12(7-19-14)10(3)17/h4-7,10,17H,1-3H3,(H,15,16,18). The number of anilines is 1. The number of carbonyl (C=O) groups is 1. The molecule has 0 saturated heterocycles. The lowest BCUT2D eigenvalue weighted by Crippen LogP contribution is -2.13. The molecular weight excluding hydrogens is 260 g/mol. The van der Waals surface area contributed by atoms with Crippen LogP contribution in [0.2, 0.25) is 0 Å². The topological polar surface area (TPSA) is 62.2 Å². The predicted molar refractivity (Wildman–Crippen MR) is 76.6 cm³/mol. The second-order valence-electron chi connectivity index (χ2n) is 4.46. The summed E-state index contributed by atoms with van der Waals surface area (Å²) >= 11 is 1.31. The van der Waals surface area contributed by atoms with Crippen LogP contribution in [0.3, 0.4) is 0 Å². The molecule has 0 aliphatic carbocycles. The Balaban J connectivity index is 2.18. The van der Waals surface area contributed by atoms with E-state index in [0.29, 0.717) is 16.4 Å². The fraction of sp³-hybridized carbons (Fsp3) is 0.286. The van der Waals surface area contributed by atoms with Gasteiger partial charge in [-0.3, -0.25) is 10.1 Å². The molecule has 4 nitrogen and oxygen atoms in total.